The van der Waals surface area contributed by atoms with E-state index in [0.717, 1.165) is 22.9 Å². The van der Waals surface area contributed by atoms with Crippen LogP contribution in [0.25, 0.3) is 10.9 Å². The van der Waals surface area contributed by atoms with Gasteiger partial charge in [-0.1, -0.05) is 43.7 Å². The third-order valence-electron chi connectivity index (χ3n) is 6.71. The number of hydrogen-bond donors (Lipinski definition) is 1. The Bertz CT molecular complexity index is 1190. The zero-order chi connectivity index (χ0) is 24.8. The van der Waals surface area contributed by atoms with Gasteiger partial charge in [0, 0.05) is 48.1 Å². The Kier molecular flexibility index (Phi) is 7.85. The van der Waals surface area contributed by atoms with Crippen LogP contribution >= 0.6 is 0 Å². The lowest BCUT2D eigenvalue weighted by molar-refractivity contribution is -0.147. The van der Waals surface area contributed by atoms with Crippen molar-refractivity contribution in [1.82, 2.24) is 9.88 Å². The Hall–Kier alpha value is -3.61. The van der Waals surface area contributed by atoms with Gasteiger partial charge in [0.1, 0.15) is 12.4 Å². The molecule has 0 bridgehead atoms. The molecule has 4 rings (SSSR count). The van der Waals surface area contributed by atoms with E-state index in [4.69, 9.17) is 9.47 Å². The third kappa shape index (κ3) is 5.91. The topological polar surface area (TPSA) is 88.7 Å². The monoisotopic (exact) mass is 476 g/mol. The summed E-state index contributed by atoms with van der Waals surface area (Å²) in [5, 5.41) is 0.804. The minimum atomic E-state index is -0.265. The molecule has 184 valence electrons. The highest BCUT2D eigenvalue weighted by atomic mass is 16.5. The van der Waals surface area contributed by atoms with Gasteiger partial charge in [0.2, 0.25) is 5.91 Å². The standard InChI is InChI=1S/C28H32N2O5/c1-3-20-16-30(27(32)12-21(20)13-28(33)34-4-2)17-26(31)24-15-29-25-14-22(10-11-23(24)25)35-18-19-8-6-5-7-9-19/h5-11,14-15,20-21,29H,3-4,12-13,16-18H2,1-2H3/t20-,21+/m0/s1. The highest BCUT2D eigenvalue weighted by molar-refractivity contribution is 6.09. The Morgan fingerprint density at radius 1 is 1.09 bits per heavy atom. The van der Waals surface area contributed by atoms with Gasteiger partial charge >= 0.3 is 5.97 Å². The fourth-order valence-electron chi connectivity index (χ4n) is 4.77. The van der Waals surface area contributed by atoms with Gasteiger partial charge in [-0.3, -0.25) is 14.4 Å². The van der Waals surface area contributed by atoms with Crippen molar-refractivity contribution in [2.45, 2.75) is 39.7 Å². The molecule has 2 atom stereocenters. The van der Waals surface area contributed by atoms with Crippen molar-refractivity contribution in [2.75, 3.05) is 19.7 Å². The van der Waals surface area contributed by atoms with Crippen molar-refractivity contribution in [1.29, 1.82) is 0 Å². The number of piperidine rings is 1. The van der Waals surface area contributed by atoms with E-state index in [9.17, 15) is 14.4 Å². The highest BCUT2D eigenvalue weighted by Crippen LogP contribution is 2.31. The molecule has 2 heterocycles. The van der Waals surface area contributed by atoms with Crippen LogP contribution < -0.4 is 4.74 Å². The maximum atomic E-state index is 13.1. The molecule has 7 nitrogen and oxygen atoms in total. The van der Waals surface area contributed by atoms with E-state index < -0.39 is 0 Å². The Balaban J connectivity index is 1.40. The predicted molar refractivity (Wildman–Crippen MR) is 133 cm³/mol. The first kappa shape index (κ1) is 24.5. The van der Waals surface area contributed by atoms with E-state index >= 15 is 0 Å². The largest absolute Gasteiger partial charge is 0.489 e. The Labute approximate surface area is 205 Å². The number of likely N-dealkylation sites (tertiary alicyclic amines) is 1. The summed E-state index contributed by atoms with van der Waals surface area (Å²) in [5.74, 6) is 0.374. The molecular weight excluding hydrogens is 444 g/mol. The van der Waals surface area contributed by atoms with Gasteiger partial charge in [0.15, 0.2) is 5.78 Å². The third-order valence-corrected chi connectivity index (χ3v) is 6.71. The fourth-order valence-corrected chi connectivity index (χ4v) is 4.77. The van der Waals surface area contributed by atoms with Gasteiger partial charge in [-0.25, -0.2) is 0 Å². The zero-order valence-corrected chi connectivity index (χ0v) is 20.3. The number of fused-ring (bicyclic) bond motifs is 1. The van der Waals surface area contributed by atoms with E-state index in [1.54, 1.807) is 18.0 Å². The number of rotatable bonds is 10. The summed E-state index contributed by atoms with van der Waals surface area (Å²) in [5.41, 5.74) is 2.45. The number of ether oxygens (including phenoxy) is 2. The predicted octanol–water partition coefficient (Wildman–Crippen LogP) is 4.76. The van der Waals surface area contributed by atoms with Crippen LogP contribution in [0.4, 0.5) is 0 Å². The summed E-state index contributed by atoms with van der Waals surface area (Å²) in [7, 11) is 0. The molecule has 1 aliphatic heterocycles. The Morgan fingerprint density at radius 2 is 1.89 bits per heavy atom. The van der Waals surface area contributed by atoms with Gasteiger partial charge in [0.25, 0.3) is 0 Å². The number of carbonyl (C=O) groups excluding carboxylic acids is 3. The van der Waals surface area contributed by atoms with Crippen molar-refractivity contribution in [3.05, 3.63) is 65.9 Å². The summed E-state index contributed by atoms with van der Waals surface area (Å²) < 4.78 is 11.0. The molecule has 1 amide bonds. The van der Waals surface area contributed by atoms with Gasteiger partial charge < -0.3 is 19.4 Å². The van der Waals surface area contributed by atoms with Gasteiger partial charge in [-0.15, -0.1) is 0 Å². The first-order valence-electron chi connectivity index (χ1n) is 12.2. The maximum Gasteiger partial charge on any atom is 0.306 e. The number of hydrogen-bond acceptors (Lipinski definition) is 5. The molecule has 2 aromatic carbocycles. The first-order chi connectivity index (χ1) is 17.0. The number of ketones is 1. The summed E-state index contributed by atoms with van der Waals surface area (Å²) in [6.45, 7) is 5.13. The molecule has 0 unspecified atom stereocenters. The summed E-state index contributed by atoms with van der Waals surface area (Å²) in [6.07, 6.45) is 3.04. The van der Waals surface area contributed by atoms with Crippen LogP contribution in [0.15, 0.2) is 54.7 Å². The molecule has 0 radical (unpaired) electrons. The molecule has 7 heteroatoms. The molecule has 0 aliphatic carbocycles. The average molecular weight is 477 g/mol. The zero-order valence-electron chi connectivity index (χ0n) is 20.3. The van der Waals surface area contributed by atoms with Crippen LogP contribution in [0.2, 0.25) is 0 Å². The first-order valence-corrected chi connectivity index (χ1v) is 12.2. The van der Waals surface area contributed by atoms with Crippen LogP contribution in [0.5, 0.6) is 5.75 Å². The van der Waals surface area contributed by atoms with Crippen LogP contribution in [0.1, 0.15) is 49.0 Å². The van der Waals surface area contributed by atoms with E-state index in [1.807, 2.05) is 48.5 Å². The molecule has 1 saturated heterocycles. The second-order valence-electron chi connectivity index (χ2n) is 9.02. The van der Waals surface area contributed by atoms with Crippen molar-refractivity contribution >= 4 is 28.6 Å². The van der Waals surface area contributed by atoms with Crippen molar-refractivity contribution in [2.24, 2.45) is 11.8 Å². The van der Waals surface area contributed by atoms with E-state index in [-0.39, 0.29) is 48.9 Å². The number of nitrogens with one attached hydrogen (secondary N) is 1. The average Bonchev–Trinajstić information content (AvgIpc) is 3.28. The number of esters is 1. The van der Waals surface area contributed by atoms with E-state index in [1.165, 1.54) is 0 Å². The summed E-state index contributed by atoms with van der Waals surface area (Å²) >= 11 is 0. The molecule has 0 saturated carbocycles. The number of nitrogens with zero attached hydrogens (tertiary/aromatic N) is 1. The maximum absolute atomic E-state index is 13.1. The molecule has 1 aliphatic rings. The molecule has 0 spiro atoms. The normalized spacial score (nSPS) is 18.0. The van der Waals surface area contributed by atoms with E-state index in [0.29, 0.717) is 31.1 Å². The summed E-state index contributed by atoms with van der Waals surface area (Å²) in [6, 6.07) is 15.5. The number of H-pyrrole nitrogens is 1. The van der Waals surface area contributed by atoms with Gasteiger partial charge in [-0.2, -0.15) is 0 Å². The number of amides is 1. The molecule has 3 aromatic rings. The molecule has 35 heavy (non-hydrogen) atoms. The van der Waals surface area contributed by atoms with Crippen LogP contribution in [-0.4, -0.2) is 47.2 Å². The lowest BCUT2D eigenvalue weighted by Crippen LogP contribution is -2.47. The minimum Gasteiger partial charge on any atom is -0.489 e. The Morgan fingerprint density at radius 3 is 2.63 bits per heavy atom. The SMILES string of the molecule is CCOC(=O)C[C@H]1CC(=O)N(CC(=O)c2c[nH]c3cc(OCc4ccccc4)ccc23)C[C@@H]1CC. The van der Waals surface area contributed by atoms with E-state index in [2.05, 4.69) is 11.9 Å². The van der Waals surface area contributed by atoms with Crippen LogP contribution in [0.3, 0.4) is 0 Å². The van der Waals surface area contributed by atoms with Crippen molar-refractivity contribution < 1.29 is 23.9 Å². The lowest BCUT2D eigenvalue weighted by atomic mass is 9.81. The van der Waals surface area contributed by atoms with Crippen LogP contribution in [-0.2, 0) is 20.9 Å². The highest BCUT2D eigenvalue weighted by Gasteiger charge is 2.35. The summed E-state index contributed by atoms with van der Waals surface area (Å²) in [4.78, 5) is 42.7. The minimum absolute atomic E-state index is 0.0284. The fraction of sp³-hybridized carbons (Fsp3) is 0.393. The second-order valence-corrected chi connectivity index (χ2v) is 9.02. The lowest BCUT2D eigenvalue weighted by Gasteiger charge is -2.37. The quantitative estimate of drug-likeness (QED) is 0.337. The number of aromatic nitrogens is 1. The molecule has 1 fully saturated rings. The number of Topliss-reactive ketones (excluding diaryl/α,β-unsaturated/α-hetero) is 1. The van der Waals surface area contributed by atoms with Crippen molar-refractivity contribution in [3.8, 4) is 5.75 Å². The molecule has 1 aromatic heterocycles. The smallest absolute Gasteiger partial charge is 0.306 e. The van der Waals surface area contributed by atoms with Gasteiger partial charge in [0.05, 0.1) is 13.2 Å². The number of benzene rings is 2. The number of carbonyl (C=O) groups is 3. The van der Waals surface area contributed by atoms with Gasteiger partial charge in [-0.05, 0) is 36.5 Å². The van der Waals surface area contributed by atoms with Crippen LogP contribution in [0, 0.1) is 11.8 Å². The number of aromatic amines is 1. The molecule has 1 N–H and O–H groups in total. The molecular formula is C28H32N2O5. The second kappa shape index (κ2) is 11.2. The van der Waals surface area contributed by atoms with Crippen molar-refractivity contribution in [3.63, 3.8) is 0 Å².